The number of piperazine rings is 1. The summed E-state index contributed by atoms with van der Waals surface area (Å²) in [5.74, 6) is 0.842. The molecule has 2 rings (SSSR count). The minimum absolute atomic E-state index is 0.570. The van der Waals surface area contributed by atoms with Crippen molar-refractivity contribution in [2.75, 3.05) is 53.0 Å². The lowest BCUT2D eigenvalue weighted by Gasteiger charge is -2.39. The maximum atomic E-state index is 5.94. The molecule has 1 aliphatic rings. The molecule has 0 radical (unpaired) electrons. The number of nitrogens with zero attached hydrogens (tertiary/aromatic N) is 2. The van der Waals surface area contributed by atoms with Gasteiger partial charge in [0.1, 0.15) is 12.4 Å². The van der Waals surface area contributed by atoms with E-state index < -0.39 is 0 Å². The molecule has 0 spiro atoms. The third-order valence-electron chi connectivity index (χ3n) is 3.90. The minimum atomic E-state index is 0.570. The highest BCUT2D eigenvalue weighted by Gasteiger charge is 2.22. The maximum absolute atomic E-state index is 5.94. The number of methoxy groups -OCH3 is 1. The van der Waals surface area contributed by atoms with E-state index in [0.717, 1.165) is 45.1 Å². The molecule has 0 aliphatic carbocycles. The molecule has 0 bridgehead atoms. The molecule has 0 N–H and O–H groups in total. The monoisotopic (exact) mass is 312 g/mol. The molecule has 0 amide bonds. The van der Waals surface area contributed by atoms with E-state index in [2.05, 4.69) is 16.7 Å². The van der Waals surface area contributed by atoms with Crippen molar-refractivity contribution in [1.29, 1.82) is 0 Å². The van der Waals surface area contributed by atoms with Crippen LogP contribution in [0, 0.1) is 0 Å². The summed E-state index contributed by atoms with van der Waals surface area (Å²) in [6, 6.07) is 8.13. The van der Waals surface area contributed by atoms with Crippen LogP contribution in [0.25, 0.3) is 0 Å². The van der Waals surface area contributed by atoms with Gasteiger partial charge in [-0.1, -0.05) is 17.7 Å². The zero-order valence-electron chi connectivity index (χ0n) is 12.9. The van der Waals surface area contributed by atoms with Crippen LogP contribution in [0.3, 0.4) is 0 Å². The van der Waals surface area contributed by atoms with Crippen molar-refractivity contribution >= 4 is 11.6 Å². The molecule has 1 aliphatic heterocycles. The lowest BCUT2D eigenvalue weighted by atomic mass is 10.2. The Morgan fingerprint density at radius 2 is 2.10 bits per heavy atom. The van der Waals surface area contributed by atoms with E-state index >= 15 is 0 Å². The molecule has 1 fully saturated rings. The first-order valence-corrected chi connectivity index (χ1v) is 7.90. The minimum Gasteiger partial charge on any atom is -0.492 e. The fourth-order valence-electron chi connectivity index (χ4n) is 2.66. The number of rotatable bonds is 7. The maximum Gasteiger partial charge on any atom is 0.120 e. The Bertz CT molecular complexity index is 430. The summed E-state index contributed by atoms with van der Waals surface area (Å²) in [6.07, 6.45) is 0. The third kappa shape index (κ3) is 5.47. The van der Waals surface area contributed by atoms with Gasteiger partial charge in [0.25, 0.3) is 0 Å². The van der Waals surface area contributed by atoms with E-state index in [9.17, 15) is 0 Å². The van der Waals surface area contributed by atoms with E-state index in [1.54, 1.807) is 7.11 Å². The number of benzene rings is 1. The number of hydrogen-bond acceptors (Lipinski definition) is 4. The third-order valence-corrected chi connectivity index (χ3v) is 4.14. The van der Waals surface area contributed by atoms with Gasteiger partial charge in [0.05, 0.1) is 6.61 Å². The van der Waals surface area contributed by atoms with E-state index in [0.29, 0.717) is 17.7 Å². The van der Waals surface area contributed by atoms with Gasteiger partial charge < -0.3 is 9.47 Å². The molecule has 1 aromatic carbocycles. The van der Waals surface area contributed by atoms with Crippen LogP contribution in [-0.4, -0.2) is 68.9 Å². The second kappa shape index (κ2) is 8.59. The normalized spacial score (nSPS) is 20.6. The van der Waals surface area contributed by atoms with Crippen LogP contribution < -0.4 is 4.74 Å². The summed E-state index contributed by atoms with van der Waals surface area (Å²) >= 11 is 5.94. The van der Waals surface area contributed by atoms with E-state index in [1.165, 1.54) is 0 Å². The summed E-state index contributed by atoms with van der Waals surface area (Å²) in [6.45, 7) is 9.03. The van der Waals surface area contributed by atoms with Crippen LogP contribution in [0.4, 0.5) is 0 Å². The smallest absolute Gasteiger partial charge is 0.120 e. The van der Waals surface area contributed by atoms with E-state index in [-0.39, 0.29) is 0 Å². The Morgan fingerprint density at radius 1 is 1.24 bits per heavy atom. The Morgan fingerprint density at radius 3 is 2.81 bits per heavy atom. The molecule has 1 atom stereocenters. The highest BCUT2D eigenvalue weighted by atomic mass is 35.5. The standard InChI is InChI=1S/C16H25ClN2O2/c1-14-13-18(6-7-19(14)9-10-20-2)8-11-21-16-5-3-4-15(17)12-16/h3-5,12,14H,6-11,13H2,1-2H3/t14-/m1/s1. The molecular formula is C16H25ClN2O2. The first-order chi connectivity index (χ1) is 10.2. The average Bonchev–Trinajstić information content (AvgIpc) is 2.46. The predicted molar refractivity (Wildman–Crippen MR) is 86.3 cm³/mol. The lowest BCUT2D eigenvalue weighted by Crippen LogP contribution is -2.53. The van der Waals surface area contributed by atoms with Gasteiger partial charge in [-0.25, -0.2) is 0 Å². The molecule has 0 unspecified atom stereocenters. The summed E-state index contributed by atoms with van der Waals surface area (Å²) in [7, 11) is 1.76. The van der Waals surface area contributed by atoms with Crippen LogP contribution in [0.1, 0.15) is 6.92 Å². The van der Waals surface area contributed by atoms with Crippen molar-refractivity contribution in [3.8, 4) is 5.75 Å². The van der Waals surface area contributed by atoms with Crippen molar-refractivity contribution in [3.05, 3.63) is 29.3 Å². The first-order valence-electron chi connectivity index (χ1n) is 7.53. The molecule has 118 valence electrons. The lowest BCUT2D eigenvalue weighted by molar-refractivity contribution is 0.0532. The SMILES string of the molecule is COCCN1CCN(CCOc2cccc(Cl)c2)C[C@H]1C. The van der Waals surface area contributed by atoms with E-state index in [4.69, 9.17) is 21.1 Å². The molecule has 5 heteroatoms. The number of hydrogen-bond donors (Lipinski definition) is 0. The fourth-order valence-corrected chi connectivity index (χ4v) is 2.84. The Kier molecular flexibility index (Phi) is 6.77. The summed E-state index contributed by atoms with van der Waals surface area (Å²) < 4.78 is 10.9. The highest BCUT2D eigenvalue weighted by molar-refractivity contribution is 6.30. The Balaban J connectivity index is 1.68. The van der Waals surface area contributed by atoms with Crippen LogP contribution in [0.15, 0.2) is 24.3 Å². The molecule has 4 nitrogen and oxygen atoms in total. The van der Waals surface area contributed by atoms with Crippen molar-refractivity contribution in [2.24, 2.45) is 0 Å². The van der Waals surface area contributed by atoms with Gasteiger partial charge in [-0.15, -0.1) is 0 Å². The molecule has 1 saturated heterocycles. The second-order valence-electron chi connectivity index (χ2n) is 5.48. The second-order valence-corrected chi connectivity index (χ2v) is 5.92. The van der Waals surface area contributed by atoms with Gasteiger partial charge in [-0.05, 0) is 25.1 Å². The predicted octanol–water partition coefficient (Wildman–Crippen LogP) is 2.37. The average molecular weight is 313 g/mol. The van der Waals surface area contributed by atoms with Crippen molar-refractivity contribution in [2.45, 2.75) is 13.0 Å². The van der Waals surface area contributed by atoms with Crippen LogP contribution in [0.5, 0.6) is 5.75 Å². The first kappa shape index (κ1) is 16.6. The number of halogens is 1. The van der Waals surface area contributed by atoms with Crippen LogP contribution in [0.2, 0.25) is 5.02 Å². The quantitative estimate of drug-likeness (QED) is 0.772. The van der Waals surface area contributed by atoms with Gasteiger partial charge in [0, 0.05) is 50.9 Å². The van der Waals surface area contributed by atoms with Crippen LogP contribution >= 0.6 is 11.6 Å². The zero-order chi connectivity index (χ0) is 15.1. The molecule has 21 heavy (non-hydrogen) atoms. The van der Waals surface area contributed by atoms with Gasteiger partial charge >= 0.3 is 0 Å². The fraction of sp³-hybridized carbons (Fsp3) is 0.625. The molecule has 1 aromatic rings. The van der Waals surface area contributed by atoms with Gasteiger partial charge in [0.15, 0.2) is 0 Å². The topological polar surface area (TPSA) is 24.9 Å². The summed E-state index contributed by atoms with van der Waals surface area (Å²) in [5, 5.41) is 0.716. The largest absolute Gasteiger partial charge is 0.492 e. The van der Waals surface area contributed by atoms with Gasteiger partial charge in [0.2, 0.25) is 0 Å². The van der Waals surface area contributed by atoms with Crippen molar-refractivity contribution < 1.29 is 9.47 Å². The van der Waals surface area contributed by atoms with Gasteiger partial charge in [-0.2, -0.15) is 0 Å². The molecule has 0 saturated carbocycles. The van der Waals surface area contributed by atoms with Crippen molar-refractivity contribution in [1.82, 2.24) is 9.80 Å². The molecule has 1 heterocycles. The zero-order valence-corrected chi connectivity index (χ0v) is 13.7. The Hall–Kier alpha value is -0.810. The summed E-state index contributed by atoms with van der Waals surface area (Å²) in [4.78, 5) is 4.94. The molecule has 0 aromatic heterocycles. The highest BCUT2D eigenvalue weighted by Crippen LogP contribution is 2.17. The van der Waals surface area contributed by atoms with Gasteiger partial charge in [-0.3, -0.25) is 9.80 Å². The van der Waals surface area contributed by atoms with Crippen molar-refractivity contribution in [3.63, 3.8) is 0 Å². The van der Waals surface area contributed by atoms with E-state index in [1.807, 2.05) is 24.3 Å². The number of ether oxygens (including phenoxy) is 2. The molecular weight excluding hydrogens is 288 g/mol. The Labute approximate surface area is 132 Å². The van der Waals surface area contributed by atoms with Crippen LogP contribution in [-0.2, 0) is 4.74 Å². The summed E-state index contributed by atoms with van der Waals surface area (Å²) in [5.41, 5.74) is 0.